The number of anilines is 1. The van der Waals surface area contributed by atoms with Crippen LogP contribution in [-0.4, -0.2) is 14.7 Å². The fourth-order valence-corrected chi connectivity index (χ4v) is 3.19. The fraction of sp³-hybridized carbons (Fsp3) is 0.143. The zero-order valence-electron chi connectivity index (χ0n) is 10.8. The number of nitrogens with one attached hydrogen (secondary N) is 1. The number of aryl methyl sites for hydroxylation is 1. The molecule has 0 amide bonds. The quantitative estimate of drug-likeness (QED) is 0.877. The van der Waals surface area contributed by atoms with Crippen molar-refractivity contribution in [3.8, 4) is 0 Å². The third kappa shape index (κ3) is 3.30. The van der Waals surface area contributed by atoms with Crippen molar-refractivity contribution in [1.29, 1.82) is 0 Å². The van der Waals surface area contributed by atoms with Crippen LogP contribution in [0.4, 0.5) is 5.69 Å². The van der Waals surface area contributed by atoms with Crippen molar-refractivity contribution in [3.05, 3.63) is 54.1 Å². The molecular formula is C14H15NO2S2. The van der Waals surface area contributed by atoms with E-state index in [4.69, 9.17) is 0 Å². The van der Waals surface area contributed by atoms with Crippen molar-refractivity contribution >= 4 is 27.5 Å². The van der Waals surface area contributed by atoms with Gasteiger partial charge in [0.2, 0.25) is 0 Å². The molecule has 0 aromatic heterocycles. The average molecular weight is 293 g/mol. The predicted molar refractivity (Wildman–Crippen MR) is 80.2 cm³/mol. The normalized spacial score (nSPS) is 11.3. The second kappa shape index (κ2) is 5.67. The van der Waals surface area contributed by atoms with Crippen LogP contribution in [0.3, 0.4) is 0 Å². The molecule has 0 atom stereocenters. The fourth-order valence-electron chi connectivity index (χ4n) is 1.65. The highest BCUT2D eigenvalue weighted by Gasteiger charge is 2.14. The van der Waals surface area contributed by atoms with Gasteiger partial charge >= 0.3 is 0 Å². The first kappa shape index (κ1) is 14.0. The molecule has 0 aliphatic rings. The molecule has 0 bridgehead atoms. The van der Waals surface area contributed by atoms with Gasteiger partial charge in [-0.1, -0.05) is 18.2 Å². The number of benzene rings is 2. The van der Waals surface area contributed by atoms with E-state index in [-0.39, 0.29) is 4.90 Å². The van der Waals surface area contributed by atoms with E-state index in [1.165, 1.54) is 0 Å². The van der Waals surface area contributed by atoms with Crippen molar-refractivity contribution in [1.82, 2.24) is 0 Å². The van der Waals surface area contributed by atoms with Crippen molar-refractivity contribution in [3.63, 3.8) is 0 Å². The molecule has 0 aliphatic carbocycles. The van der Waals surface area contributed by atoms with Gasteiger partial charge in [-0.25, -0.2) is 8.42 Å². The van der Waals surface area contributed by atoms with Crippen molar-refractivity contribution in [2.45, 2.75) is 16.7 Å². The van der Waals surface area contributed by atoms with Gasteiger partial charge in [0.25, 0.3) is 10.0 Å². The molecule has 2 aromatic carbocycles. The summed E-state index contributed by atoms with van der Waals surface area (Å²) in [5.41, 5.74) is 1.50. The van der Waals surface area contributed by atoms with Crippen LogP contribution in [0.1, 0.15) is 5.56 Å². The summed E-state index contributed by atoms with van der Waals surface area (Å²) in [7, 11) is -3.52. The minimum atomic E-state index is -3.52. The van der Waals surface area contributed by atoms with Gasteiger partial charge in [0.15, 0.2) is 0 Å². The van der Waals surface area contributed by atoms with Crippen LogP contribution in [-0.2, 0) is 10.0 Å². The molecule has 0 heterocycles. The van der Waals surface area contributed by atoms with Crippen LogP contribution in [0, 0.1) is 6.92 Å². The molecule has 0 aliphatic heterocycles. The van der Waals surface area contributed by atoms with Crippen molar-refractivity contribution in [2.75, 3.05) is 11.0 Å². The van der Waals surface area contributed by atoms with Gasteiger partial charge in [0.1, 0.15) is 0 Å². The Morgan fingerprint density at radius 3 is 2.21 bits per heavy atom. The lowest BCUT2D eigenvalue weighted by Crippen LogP contribution is -2.13. The first-order chi connectivity index (χ1) is 9.03. The summed E-state index contributed by atoms with van der Waals surface area (Å²) in [6.45, 7) is 1.87. The zero-order valence-corrected chi connectivity index (χ0v) is 12.4. The minimum absolute atomic E-state index is 0.272. The Balaban J connectivity index is 2.30. The van der Waals surface area contributed by atoms with E-state index in [0.29, 0.717) is 5.69 Å². The molecule has 5 heteroatoms. The van der Waals surface area contributed by atoms with E-state index in [1.807, 2.05) is 31.4 Å². The first-order valence-corrected chi connectivity index (χ1v) is 8.46. The number of hydrogen-bond acceptors (Lipinski definition) is 3. The zero-order chi connectivity index (χ0) is 13.9. The topological polar surface area (TPSA) is 46.2 Å². The smallest absolute Gasteiger partial charge is 0.261 e. The summed E-state index contributed by atoms with van der Waals surface area (Å²) in [6.07, 6.45) is 1.95. The molecule has 19 heavy (non-hydrogen) atoms. The number of sulfonamides is 1. The summed E-state index contributed by atoms with van der Waals surface area (Å²) in [6, 6.07) is 14.1. The average Bonchev–Trinajstić information content (AvgIpc) is 2.41. The van der Waals surface area contributed by atoms with Crippen LogP contribution in [0.2, 0.25) is 0 Å². The molecule has 0 saturated heterocycles. The SMILES string of the molecule is CSc1ccc(S(=O)(=O)Nc2ccccc2C)cc1. The maximum Gasteiger partial charge on any atom is 0.261 e. The first-order valence-electron chi connectivity index (χ1n) is 5.75. The maximum atomic E-state index is 12.2. The number of hydrogen-bond donors (Lipinski definition) is 1. The van der Waals surface area contributed by atoms with Crippen molar-refractivity contribution < 1.29 is 8.42 Å². The molecule has 0 fully saturated rings. The number of para-hydroxylation sites is 1. The van der Waals surface area contributed by atoms with Gasteiger partial charge in [-0.3, -0.25) is 4.72 Å². The molecule has 0 saturated carbocycles. The largest absolute Gasteiger partial charge is 0.279 e. The van der Waals surface area contributed by atoms with E-state index in [0.717, 1.165) is 10.5 Å². The van der Waals surface area contributed by atoms with Gasteiger partial charge in [0.05, 0.1) is 10.6 Å². The van der Waals surface area contributed by atoms with E-state index in [9.17, 15) is 8.42 Å². The van der Waals surface area contributed by atoms with E-state index >= 15 is 0 Å². The Morgan fingerprint density at radius 1 is 1.00 bits per heavy atom. The Labute approximate surface area is 118 Å². The molecular weight excluding hydrogens is 278 g/mol. The number of thioether (sulfide) groups is 1. The number of rotatable bonds is 4. The molecule has 100 valence electrons. The highest BCUT2D eigenvalue weighted by atomic mass is 32.2. The molecule has 2 aromatic rings. The second-order valence-corrected chi connectivity index (χ2v) is 6.66. The molecule has 3 nitrogen and oxygen atoms in total. The van der Waals surface area contributed by atoms with Gasteiger partial charge in [-0.2, -0.15) is 0 Å². The van der Waals surface area contributed by atoms with E-state index in [2.05, 4.69) is 4.72 Å². The minimum Gasteiger partial charge on any atom is -0.279 e. The third-order valence-corrected chi connectivity index (χ3v) is 4.88. The van der Waals surface area contributed by atoms with Crippen LogP contribution in [0.15, 0.2) is 58.3 Å². The van der Waals surface area contributed by atoms with Gasteiger partial charge in [0, 0.05) is 4.90 Å². The molecule has 0 radical (unpaired) electrons. The summed E-state index contributed by atoms with van der Waals surface area (Å²) >= 11 is 1.58. The Kier molecular flexibility index (Phi) is 4.17. The lowest BCUT2D eigenvalue weighted by atomic mass is 10.2. The van der Waals surface area contributed by atoms with E-state index in [1.54, 1.807) is 42.1 Å². The van der Waals surface area contributed by atoms with E-state index < -0.39 is 10.0 Å². The third-order valence-electron chi connectivity index (χ3n) is 2.76. The lowest BCUT2D eigenvalue weighted by Gasteiger charge is -2.10. The molecule has 0 spiro atoms. The molecule has 2 rings (SSSR count). The highest BCUT2D eigenvalue weighted by molar-refractivity contribution is 7.98. The Morgan fingerprint density at radius 2 is 1.63 bits per heavy atom. The van der Waals surface area contributed by atoms with Gasteiger partial charge < -0.3 is 0 Å². The summed E-state index contributed by atoms with van der Waals surface area (Å²) in [4.78, 5) is 1.31. The maximum absolute atomic E-state index is 12.2. The van der Waals surface area contributed by atoms with Crippen LogP contribution < -0.4 is 4.72 Å². The molecule has 1 N–H and O–H groups in total. The highest BCUT2D eigenvalue weighted by Crippen LogP contribution is 2.21. The summed E-state index contributed by atoms with van der Waals surface area (Å²) in [5.74, 6) is 0. The standard InChI is InChI=1S/C14H15NO2S2/c1-11-5-3-4-6-14(11)15-19(16,17)13-9-7-12(18-2)8-10-13/h3-10,15H,1-2H3. The summed E-state index contributed by atoms with van der Waals surface area (Å²) in [5, 5.41) is 0. The monoisotopic (exact) mass is 293 g/mol. The second-order valence-electron chi connectivity index (χ2n) is 4.10. The van der Waals surface area contributed by atoms with Crippen LogP contribution >= 0.6 is 11.8 Å². The summed E-state index contributed by atoms with van der Waals surface area (Å²) < 4.78 is 27.1. The Hall–Kier alpha value is -1.46. The van der Waals surface area contributed by atoms with Crippen molar-refractivity contribution in [2.24, 2.45) is 0 Å². The Bertz CT molecular complexity index is 664. The van der Waals surface area contributed by atoms with Crippen LogP contribution in [0.5, 0.6) is 0 Å². The van der Waals surface area contributed by atoms with Crippen LogP contribution in [0.25, 0.3) is 0 Å². The molecule has 0 unspecified atom stereocenters. The van der Waals surface area contributed by atoms with Gasteiger partial charge in [-0.15, -0.1) is 11.8 Å². The van der Waals surface area contributed by atoms with Gasteiger partial charge in [-0.05, 0) is 49.1 Å². The predicted octanol–water partition coefficient (Wildman–Crippen LogP) is 3.52. The lowest BCUT2D eigenvalue weighted by molar-refractivity contribution is 0.601.